The lowest BCUT2D eigenvalue weighted by atomic mass is 10.1. The zero-order valence-electron chi connectivity index (χ0n) is 10.6. The molecule has 0 saturated heterocycles. The first-order chi connectivity index (χ1) is 9.25. The van der Waals surface area contributed by atoms with Gasteiger partial charge in [0.25, 0.3) is 0 Å². The van der Waals surface area contributed by atoms with Crippen molar-refractivity contribution in [2.75, 3.05) is 5.73 Å². The van der Waals surface area contributed by atoms with Crippen molar-refractivity contribution in [2.24, 2.45) is 0 Å². The van der Waals surface area contributed by atoms with Crippen LogP contribution in [0.25, 0.3) is 16.9 Å². The van der Waals surface area contributed by atoms with E-state index in [0.29, 0.717) is 5.69 Å². The van der Waals surface area contributed by atoms with E-state index in [2.05, 4.69) is 29.0 Å². The van der Waals surface area contributed by atoms with Crippen LogP contribution in [0.15, 0.2) is 55.2 Å². The van der Waals surface area contributed by atoms with E-state index in [1.807, 2.05) is 16.7 Å². The molecule has 2 aromatic heterocycles. The van der Waals surface area contributed by atoms with Crippen molar-refractivity contribution in [1.29, 1.82) is 0 Å². The first kappa shape index (κ1) is 11.5. The molecule has 0 spiro atoms. The topological polar surface area (TPSA) is 56.7 Å². The lowest BCUT2D eigenvalue weighted by molar-refractivity contribution is 1.06. The fourth-order valence-electron chi connectivity index (χ4n) is 2.10. The summed E-state index contributed by atoms with van der Waals surface area (Å²) in [7, 11) is 0. The number of nitrogens with zero attached hydrogens (tertiary/aromatic N) is 3. The van der Waals surface area contributed by atoms with Crippen molar-refractivity contribution in [3.63, 3.8) is 0 Å². The van der Waals surface area contributed by atoms with Crippen LogP contribution < -0.4 is 5.73 Å². The minimum absolute atomic E-state index is 0.699. The molecule has 0 bridgehead atoms. The number of benzene rings is 1. The van der Waals surface area contributed by atoms with E-state index >= 15 is 0 Å². The zero-order valence-corrected chi connectivity index (χ0v) is 10.6. The van der Waals surface area contributed by atoms with Crippen molar-refractivity contribution in [2.45, 2.75) is 6.92 Å². The third-order valence-corrected chi connectivity index (χ3v) is 3.05. The molecule has 1 aromatic carbocycles. The van der Waals surface area contributed by atoms with Gasteiger partial charge in [-0.25, -0.2) is 4.98 Å². The van der Waals surface area contributed by atoms with E-state index in [9.17, 15) is 0 Å². The predicted octanol–water partition coefficient (Wildman–Crippen LogP) is 2.82. The predicted molar refractivity (Wildman–Crippen MR) is 75.9 cm³/mol. The molecule has 3 rings (SSSR count). The first-order valence-electron chi connectivity index (χ1n) is 6.05. The summed E-state index contributed by atoms with van der Waals surface area (Å²) < 4.78 is 2.01. The number of aryl methyl sites for hydroxylation is 1. The van der Waals surface area contributed by atoms with E-state index in [-0.39, 0.29) is 0 Å². The highest BCUT2D eigenvalue weighted by Crippen LogP contribution is 2.26. The second-order valence-electron chi connectivity index (χ2n) is 4.45. The first-order valence-corrected chi connectivity index (χ1v) is 6.05. The molecule has 0 atom stereocenters. The van der Waals surface area contributed by atoms with E-state index in [1.54, 1.807) is 31.0 Å². The quantitative estimate of drug-likeness (QED) is 0.760. The van der Waals surface area contributed by atoms with E-state index in [4.69, 9.17) is 5.73 Å². The molecule has 3 aromatic rings. The Morgan fingerprint density at radius 1 is 1.11 bits per heavy atom. The highest BCUT2D eigenvalue weighted by atomic mass is 15.1. The maximum atomic E-state index is 6.01. The number of hydrogen-bond acceptors (Lipinski definition) is 3. The van der Waals surface area contributed by atoms with Crippen molar-refractivity contribution >= 4 is 5.69 Å². The number of aromatic nitrogens is 3. The Morgan fingerprint density at radius 2 is 2.00 bits per heavy atom. The zero-order chi connectivity index (χ0) is 13.2. The Balaban J connectivity index is 2.16. The molecule has 94 valence electrons. The maximum Gasteiger partial charge on any atom is 0.0997 e. The molecule has 0 aliphatic heterocycles. The van der Waals surface area contributed by atoms with Crippen LogP contribution >= 0.6 is 0 Å². The normalized spacial score (nSPS) is 10.6. The van der Waals surface area contributed by atoms with Crippen LogP contribution in [0.2, 0.25) is 0 Å². The van der Waals surface area contributed by atoms with Gasteiger partial charge >= 0.3 is 0 Å². The van der Waals surface area contributed by atoms with Crippen LogP contribution in [0.4, 0.5) is 5.69 Å². The Morgan fingerprint density at radius 3 is 2.79 bits per heavy atom. The number of rotatable bonds is 2. The third kappa shape index (κ3) is 2.08. The molecule has 0 amide bonds. The monoisotopic (exact) mass is 250 g/mol. The molecule has 0 aliphatic carbocycles. The number of pyridine rings is 1. The molecule has 0 saturated carbocycles. The van der Waals surface area contributed by atoms with Gasteiger partial charge in [-0.05, 0) is 30.7 Å². The van der Waals surface area contributed by atoms with Gasteiger partial charge in [-0.15, -0.1) is 0 Å². The van der Waals surface area contributed by atoms with Gasteiger partial charge in [0, 0.05) is 29.3 Å². The molecule has 0 unspecified atom stereocenters. The van der Waals surface area contributed by atoms with E-state index < -0.39 is 0 Å². The Labute approximate surface area is 111 Å². The van der Waals surface area contributed by atoms with Gasteiger partial charge in [0.2, 0.25) is 0 Å². The number of nitrogen functional groups attached to an aromatic ring is 1. The lowest BCUT2D eigenvalue weighted by Gasteiger charge is -2.10. The summed E-state index contributed by atoms with van der Waals surface area (Å²) >= 11 is 0. The summed E-state index contributed by atoms with van der Waals surface area (Å²) in [5.41, 5.74) is 10.8. The van der Waals surface area contributed by atoms with Gasteiger partial charge in [-0.2, -0.15) is 0 Å². The van der Waals surface area contributed by atoms with E-state index in [0.717, 1.165) is 16.9 Å². The summed E-state index contributed by atoms with van der Waals surface area (Å²) in [5.74, 6) is 0. The number of hydrogen-bond donors (Lipinski definition) is 1. The molecule has 19 heavy (non-hydrogen) atoms. The largest absolute Gasteiger partial charge is 0.398 e. The molecular weight excluding hydrogens is 236 g/mol. The number of imidazole rings is 1. The fraction of sp³-hybridized carbons (Fsp3) is 0.0667. The molecule has 4 heteroatoms. The second kappa shape index (κ2) is 4.57. The third-order valence-electron chi connectivity index (χ3n) is 3.05. The maximum absolute atomic E-state index is 6.01. The number of anilines is 1. The molecular formula is C15H14N4. The van der Waals surface area contributed by atoms with Gasteiger partial charge in [-0.1, -0.05) is 12.1 Å². The minimum Gasteiger partial charge on any atom is -0.398 e. The Hall–Kier alpha value is -2.62. The lowest BCUT2D eigenvalue weighted by Crippen LogP contribution is -1.98. The Bertz CT molecular complexity index is 715. The number of nitrogens with two attached hydrogens (primary N) is 1. The smallest absolute Gasteiger partial charge is 0.0997 e. The van der Waals surface area contributed by atoms with Crippen molar-refractivity contribution in [3.8, 4) is 16.9 Å². The van der Waals surface area contributed by atoms with Crippen LogP contribution in [0.5, 0.6) is 0 Å². The van der Waals surface area contributed by atoms with Crippen LogP contribution in [0.1, 0.15) is 5.56 Å². The fourth-order valence-corrected chi connectivity index (χ4v) is 2.10. The highest BCUT2D eigenvalue weighted by molar-refractivity contribution is 5.73. The van der Waals surface area contributed by atoms with Crippen LogP contribution in [-0.2, 0) is 0 Å². The summed E-state index contributed by atoms with van der Waals surface area (Å²) in [5, 5.41) is 0. The second-order valence-corrected chi connectivity index (χ2v) is 4.45. The molecule has 2 heterocycles. The van der Waals surface area contributed by atoms with Gasteiger partial charge in [0.15, 0.2) is 0 Å². The minimum atomic E-state index is 0.699. The molecule has 4 nitrogen and oxygen atoms in total. The summed E-state index contributed by atoms with van der Waals surface area (Å²) in [6, 6.07) is 10.0. The molecule has 0 radical (unpaired) electrons. The molecule has 0 fully saturated rings. The SMILES string of the molecule is Cc1cccc(-n2cncc2-c2cnccc2N)c1. The van der Waals surface area contributed by atoms with Crippen LogP contribution in [0, 0.1) is 6.92 Å². The molecule has 2 N–H and O–H groups in total. The van der Waals surface area contributed by atoms with E-state index in [1.165, 1.54) is 5.56 Å². The standard InChI is InChI=1S/C15H14N4/c1-11-3-2-4-12(7-11)19-10-18-9-15(19)13-8-17-6-5-14(13)16/h2-10H,1H3,(H2,16,17). The highest BCUT2D eigenvalue weighted by Gasteiger charge is 2.09. The van der Waals surface area contributed by atoms with Crippen molar-refractivity contribution < 1.29 is 0 Å². The summed E-state index contributed by atoms with van der Waals surface area (Å²) in [6.07, 6.45) is 7.04. The van der Waals surface area contributed by atoms with Crippen molar-refractivity contribution in [1.82, 2.24) is 14.5 Å². The van der Waals surface area contributed by atoms with Gasteiger partial charge in [0.1, 0.15) is 0 Å². The van der Waals surface area contributed by atoms with Crippen molar-refractivity contribution in [3.05, 3.63) is 60.8 Å². The summed E-state index contributed by atoms with van der Waals surface area (Å²) in [4.78, 5) is 8.36. The van der Waals surface area contributed by atoms with Crippen LogP contribution in [-0.4, -0.2) is 14.5 Å². The average molecular weight is 250 g/mol. The summed E-state index contributed by atoms with van der Waals surface area (Å²) in [6.45, 7) is 2.07. The average Bonchev–Trinajstić information content (AvgIpc) is 2.88. The van der Waals surface area contributed by atoms with Gasteiger partial charge < -0.3 is 5.73 Å². The van der Waals surface area contributed by atoms with Gasteiger partial charge in [-0.3, -0.25) is 9.55 Å². The Kier molecular flexibility index (Phi) is 2.76. The molecule has 0 aliphatic rings. The van der Waals surface area contributed by atoms with Crippen LogP contribution in [0.3, 0.4) is 0 Å². The van der Waals surface area contributed by atoms with Gasteiger partial charge in [0.05, 0.1) is 18.2 Å².